The van der Waals surface area contributed by atoms with Crippen molar-refractivity contribution in [3.63, 3.8) is 0 Å². The minimum Gasteiger partial charge on any atom is -0.296 e. The molecule has 2 aromatic rings. The molecule has 1 unspecified atom stereocenters. The summed E-state index contributed by atoms with van der Waals surface area (Å²) in [4.78, 5) is 13.1. The predicted molar refractivity (Wildman–Crippen MR) is 78.7 cm³/mol. The molecule has 2 N–H and O–H groups in total. The normalized spacial score (nSPS) is 22.8. The van der Waals surface area contributed by atoms with Gasteiger partial charge in [0.25, 0.3) is 0 Å². The van der Waals surface area contributed by atoms with E-state index in [1.807, 2.05) is 60.7 Å². The lowest BCUT2D eigenvalue weighted by Crippen LogP contribution is -2.49. The Morgan fingerprint density at radius 3 is 2.21 bits per heavy atom. The number of benzene rings is 2. The molecule has 4 heteroatoms. The van der Waals surface area contributed by atoms with Crippen LogP contribution in [0.1, 0.15) is 5.56 Å². The second-order valence-corrected chi connectivity index (χ2v) is 5.62. The molecule has 96 valence electrons. The Bertz CT molecular complexity index is 588. The fourth-order valence-electron chi connectivity index (χ4n) is 2.29. The van der Waals surface area contributed by atoms with Crippen LogP contribution in [0.15, 0.2) is 60.7 Å². The van der Waals surface area contributed by atoms with Gasteiger partial charge in [-0.3, -0.25) is 15.4 Å². The molecule has 0 aromatic heterocycles. The maximum atomic E-state index is 12.2. The van der Waals surface area contributed by atoms with E-state index in [4.69, 9.17) is 5.73 Å². The zero-order valence-corrected chi connectivity index (χ0v) is 11.1. The smallest absolute Gasteiger partial charge is 0.239 e. The van der Waals surface area contributed by atoms with Gasteiger partial charge in [0.1, 0.15) is 0 Å². The first-order valence-corrected chi connectivity index (χ1v) is 7.07. The van der Waals surface area contributed by atoms with Crippen LogP contribution in [0.2, 0.25) is 0 Å². The summed E-state index contributed by atoms with van der Waals surface area (Å²) in [5.74, 6) is 0.447. The lowest BCUT2D eigenvalue weighted by Gasteiger charge is -2.34. The first kappa shape index (κ1) is 12.3. The number of anilines is 1. The number of hydrogen-bond donors (Lipinski definition) is 1. The number of thioether (sulfide) groups is 1. The second kappa shape index (κ2) is 4.72. The average Bonchev–Trinajstić information content (AvgIpc) is 2.78. The molecule has 1 heterocycles. The Morgan fingerprint density at radius 1 is 1.00 bits per heavy atom. The molecule has 1 saturated heterocycles. The number of carbonyl (C=O) groups excluding carboxylic acids is 1. The van der Waals surface area contributed by atoms with Crippen molar-refractivity contribution >= 4 is 23.4 Å². The molecule has 3 rings (SSSR count). The summed E-state index contributed by atoms with van der Waals surface area (Å²) in [6, 6.07) is 19.3. The topological polar surface area (TPSA) is 46.3 Å². The summed E-state index contributed by atoms with van der Waals surface area (Å²) >= 11 is 1.46. The third kappa shape index (κ3) is 2.03. The fourth-order valence-corrected chi connectivity index (χ4v) is 3.40. The number of carbonyl (C=O) groups is 1. The highest BCUT2D eigenvalue weighted by molar-refractivity contribution is 8.01. The van der Waals surface area contributed by atoms with Gasteiger partial charge >= 0.3 is 0 Å². The minimum absolute atomic E-state index is 0.0440. The summed E-state index contributed by atoms with van der Waals surface area (Å²) in [6.45, 7) is 0. The van der Waals surface area contributed by atoms with Gasteiger partial charge in [-0.1, -0.05) is 48.5 Å². The first-order chi connectivity index (χ1) is 9.22. The van der Waals surface area contributed by atoms with Crippen molar-refractivity contribution in [3.05, 3.63) is 66.2 Å². The molecule has 1 aliphatic rings. The Balaban J connectivity index is 2.08. The Labute approximate surface area is 116 Å². The van der Waals surface area contributed by atoms with Crippen molar-refractivity contribution in [2.45, 2.75) is 4.99 Å². The van der Waals surface area contributed by atoms with Gasteiger partial charge in [-0.2, -0.15) is 0 Å². The molecule has 1 fully saturated rings. The van der Waals surface area contributed by atoms with E-state index >= 15 is 0 Å². The van der Waals surface area contributed by atoms with Gasteiger partial charge in [0.2, 0.25) is 5.91 Å². The summed E-state index contributed by atoms with van der Waals surface area (Å²) in [6.07, 6.45) is 0. The molecule has 1 amide bonds. The number of rotatable bonds is 2. The number of nitrogens with zero attached hydrogens (tertiary/aromatic N) is 1. The Morgan fingerprint density at radius 2 is 1.58 bits per heavy atom. The quantitative estimate of drug-likeness (QED) is 0.912. The number of hydrogen-bond acceptors (Lipinski definition) is 3. The largest absolute Gasteiger partial charge is 0.296 e. The van der Waals surface area contributed by atoms with E-state index in [0.717, 1.165) is 11.3 Å². The summed E-state index contributed by atoms with van der Waals surface area (Å²) in [5.41, 5.74) is 8.29. The Kier molecular flexibility index (Phi) is 3.05. The van der Waals surface area contributed by atoms with Crippen molar-refractivity contribution in [2.75, 3.05) is 10.7 Å². The van der Waals surface area contributed by atoms with Crippen molar-refractivity contribution in [3.8, 4) is 0 Å². The van der Waals surface area contributed by atoms with E-state index in [0.29, 0.717) is 5.75 Å². The van der Waals surface area contributed by atoms with E-state index in [1.165, 1.54) is 11.8 Å². The van der Waals surface area contributed by atoms with Crippen molar-refractivity contribution in [1.82, 2.24) is 0 Å². The highest BCUT2D eigenvalue weighted by atomic mass is 32.2. The molecule has 3 nitrogen and oxygen atoms in total. The molecule has 0 bridgehead atoms. The molecule has 0 aliphatic carbocycles. The van der Waals surface area contributed by atoms with Crippen molar-refractivity contribution in [1.29, 1.82) is 0 Å². The molecule has 1 aliphatic heterocycles. The van der Waals surface area contributed by atoms with Crippen LogP contribution in [0.5, 0.6) is 0 Å². The van der Waals surface area contributed by atoms with E-state index in [1.54, 1.807) is 4.90 Å². The monoisotopic (exact) mass is 270 g/mol. The SMILES string of the molecule is NC1(c2ccccc2)SCC(=O)N1c1ccccc1. The molecular weight excluding hydrogens is 256 g/mol. The summed E-state index contributed by atoms with van der Waals surface area (Å²) in [5, 5.41) is 0. The van der Waals surface area contributed by atoms with Crippen LogP contribution in [-0.2, 0) is 9.79 Å². The van der Waals surface area contributed by atoms with E-state index in [2.05, 4.69) is 0 Å². The third-order valence-electron chi connectivity index (χ3n) is 3.20. The Hall–Kier alpha value is -1.78. The van der Waals surface area contributed by atoms with E-state index in [-0.39, 0.29) is 5.91 Å². The van der Waals surface area contributed by atoms with Crippen LogP contribution in [0.25, 0.3) is 0 Å². The fraction of sp³-hybridized carbons (Fsp3) is 0.133. The molecule has 1 atom stereocenters. The molecular formula is C15H14N2OS. The maximum Gasteiger partial charge on any atom is 0.239 e. The van der Waals surface area contributed by atoms with Gasteiger partial charge in [0.15, 0.2) is 4.99 Å². The third-order valence-corrected chi connectivity index (χ3v) is 4.45. The molecule has 0 spiro atoms. The number of amides is 1. The molecule has 19 heavy (non-hydrogen) atoms. The molecule has 0 radical (unpaired) electrons. The van der Waals surface area contributed by atoms with Gasteiger partial charge in [-0.15, -0.1) is 11.8 Å². The minimum atomic E-state index is -0.820. The van der Waals surface area contributed by atoms with Crippen LogP contribution < -0.4 is 10.6 Å². The zero-order chi connectivity index (χ0) is 13.3. The van der Waals surface area contributed by atoms with Gasteiger partial charge in [-0.25, -0.2) is 0 Å². The van der Waals surface area contributed by atoms with Crippen LogP contribution in [-0.4, -0.2) is 11.7 Å². The average molecular weight is 270 g/mol. The maximum absolute atomic E-state index is 12.2. The lowest BCUT2D eigenvalue weighted by atomic mass is 10.1. The van der Waals surface area contributed by atoms with Gasteiger partial charge in [0.05, 0.1) is 5.75 Å². The second-order valence-electron chi connectivity index (χ2n) is 4.42. The van der Waals surface area contributed by atoms with Gasteiger partial charge < -0.3 is 0 Å². The van der Waals surface area contributed by atoms with Gasteiger partial charge in [0, 0.05) is 11.3 Å². The highest BCUT2D eigenvalue weighted by Crippen LogP contribution is 2.43. The van der Waals surface area contributed by atoms with E-state index in [9.17, 15) is 4.79 Å². The van der Waals surface area contributed by atoms with Crippen LogP contribution in [0.3, 0.4) is 0 Å². The van der Waals surface area contributed by atoms with Gasteiger partial charge in [-0.05, 0) is 12.1 Å². The number of para-hydroxylation sites is 1. The molecule has 0 saturated carbocycles. The summed E-state index contributed by atoms with van der Waals surface area (Å²) < 4.78 is 0. The first-order valence-electron chi connectivity index (χ1n) is 6.08. The molecule has 2 aromatic carbocycles. The standard InChI is InChI=1S/C15H14N2OS/c16-15(12-7-3-1-4-8-12)17(14(18)11-19-15)13-9-5-2-6-10-13/h1-10H,11,16H2. The van der Waals surface area contributed by atoms with Crippen LogP contribution in [0.4, 0.5) is 5.69 Å². The predicted octanol–water partition coefficient (Wildman–Crippen LogP) is 2.54. The summed E-state index contributed by atoms with van der Waals surface area (Å²) in [7, 11) is 0. The van der Waals surface area contributed by atoms with Crippen LogP contribution in [0, 0.1) is 0 Å². The van der Waals surface area contributed by atoms with E-state index < -0.39 is 4.99 Å². The van der Waals surface area contributed by atoms with Crippen LogP contribution >= 0.6 is 11.8 Å². The highest BCUT2D eigenvalue weighted by Gasteiger charge is 2.45. The van der Waals surface area contributed by atoms with Crippen molar-refractivity contribution < 1.29 is 4.79 Å². The van der Waals surface area contributed by atoms with Crippen molar-refractivity contribution in [2.24, 2.45) is 5.73 Å². The lowest BCUT2D eigenvalue weighted by molar-refractivity contribution is -0.116. The zero-order valence-electron chi connectivity index (χ0n) is 10.3. The number of nitrogens with two attached hydrogens (primary N) is 1.